The summed E-state index contributed by atoms with van der Waals surface area (Å²) in [5, 5.41) is 3.51. The summed E-state index contributed by atoms with van der Waals surface area (Å²) in [5.74, 6) is 0. The van der Waals surface area contributed by atoms with Crippen molar-refractivity contribution in [2.75, 3.05) is 0 Å². The van der Waals surface area contributed by atoms with Crippen LogP contribution in [0.15, 0.2) is 47.2 Å². The van der Waals surface area contributed by atoms with Crippen molar-refractivity contribution in [1.29, 1.82) is 0 Å². The van der Waals surface area contributed by atoms with Crippen molar-refractivity contribution in [3.63, 3.8) is 0 Å². The summed E-state index contributed by atoms with van der Waals surface area (Å²) >= 11 is 3.59. The Labute approximate surface area is 116 Å². The van der Waals surface area contributed by atoms with Gasteiger partial charge in [0, 0.05) is 35.0 Å². The molecule has 0 bridgehead atoms. The van der Waals surface area contributed by atoms with Crippen molar-refractivity contribution in [3.05, 3.63) is 52.8 Å². The molecule has 1 aromatic carbocycles. The monoisotopic (exact) mass is 302 g/mol. The Morgan fingerprint density at radius 3 is 2.83 bits per heavy atom. The van der Waals surface area contributed by atoms with Crippen LogP contribution < -0.4 is 5.32 Å². The van der Waals surface area contributed by atoms with Crippen molar-refractivity contribution in [2.24, 2.45) is 0 Å². The zero-order valence-corrected chi connectivity index (χ0v) is 11.7. The smallest absolute Gasteiger partial charge is 0.0346 e. The first-order valence-electron chi connectivity index (χ1n) is 6.25. The van der Waals surface area contributed by atoms with Gasteiger partial charge >= 0.3 is 0 Å². The van der Waals surface area contributed by atoms with Gasteiger partial charge in [0.05, 0.1) is 0 Å². The van der Waals surface area contributed by atoms with Gasteiger partial charge in [0.15, 0.2) is 0 Å². The summed E-state index contributed by atoms with van der Waals surface area (Å²) in [4.78, 5) is 4.34. The van der Waals surface area contributed by atoms with Crippen LogP contribution in [-0.4, -0.2) is 11.0 Å². The van der Waals surface area contributed by atoms with E-state index < -0.39 is 0 Å². The molecule has 0 saturated heterocycles. The number of nitrogens with zero attached hydrogens (tertiary/aromatic N) is 1. The highest BCUT2D eigenvalue weighted by molar-refractivity contribution is 9.10. The molecule has 92 valence electrons. The normalized spacial score (nSPS) is 14.7. The number of hydrogen-bond acceptors (Lipinski definition) is 2. The molecule has 2 aromatic rings. The molecule has 1 fully saturated rings. The van der Waals surface area contributed by atoms with Crippen LogP contribution in [-0.2, 0) is 6.54 Å². The Balaban J connectivity index is 1.83. The van der Waals surface area contributed by atoms with Crippen molar-refractivity contribution in [1.82, 2.24) is 10.3 Å². The maximum atomic E-state index is 4.34. The molecule has 1 saturated carbocycles. The van der Waals surface area contributed by atoms with Crippen LogP contribution in [0.2, 0.25) is 0 Å². The molecule has 1 heterocycles. The Bertz CT molecular complexity index is 550. The third-order valence-electron chi connectivity index (χ3n) is 3.15. The second-order valence-electron chi connectivity index (χ2n) is 4.72. The second-order valence-corrected chi connectivity index (χ2v) is 5.57. The largest absolute Gasteiger partial charge is 0.310 e. The Kier molecular flexibility index (Phi) is 3.43. The quantitative estimate of drug-likeness (QED) is 0.930. The Morgan fingerprint density at radius 1 is 1.22 bits per heavy atom. The number of halogens is 1. The number of pyridine rings is 1. The van der Waals surface area contributed by atoms with Crippen LogP contribution in [0.5, 0.6) is 0 Å². The lowest BCUT2D eigenvalue weighted by molar-refractivity contribution is 0.686. The van der Waals surface area contributed by atoms with Crippen LogP contribution >= 0.6 is 15.9 Å². The van der Waals surface area contributed by atoms with E-state index >= 15 is 0 Å². The maximum Gasteiger partial charge on any atom is 0.0346 e. The molecule has 0 spiro atoms. The minimum absolute atomic E-state index is 0.733. The fraction of sp³-hybridized carbons (Fsp3) is 0.267. The zero-order valence-electron chi connectivity index (χ0n) is 10.1. The molecule has 3 heteroatoms. The first-order valence-corrected chi connectivity index (χ1v) is 7.04. The molecule has 0 aliphatic heterocycles. The zero-order chi connectivity index (χ0) is 12.4. The summed E-state index contributed by atoms with van der Waals surface area (Å²) in [5.41, 5.74) is 3.60. The van der Waals surface area contributed by atoms with Crippen molar-refractivity contribution in [2.45, 2.75) is 25.4 Å². The number of benzene rings is 1. The molecule has 0 radical (unpaired) electrons. The minimum Gasteiger partial charge on any atom is -0.310 e. The van der Waals surface area contributed by atoms with Crippen molar-refractivity contribution in [3.8, 4) is 11.1 Å². The maximum absolute atomic E-state index is 4.34. The molecule has 1 N–H and O–H groups in total. The van der Waals surface area contributed by atoms with Gasteiger partial charge in [0.1, 0.15) is 0 Å². The second kappa shape index (κ2) is 5.21. The summed E-state index contributed by atoms with van der Waals surface area (Å²) in [7, 11) is 0. The number of aromatic nitrogens is 1. The van der Waals surface area contributed by atoms with E-state index in [0.717, 1.165) is 22.6 Å². The van der Waals surface area contributed by atoms with Crippen molar-refractivity contribution < 1.29 is 0 Å². The van der Waals surface area contributed by atoms with Gasteiger partial charge in [-0.3, -0.25) is 4.98 Å². The summed E-state index contributed by atoms with van der Waals surface area (Å²) < 4.78 is 1.11. The lowest BCUT2D eigenvalue weighted by Gasteiger charge is -2.07. The molecule has 1 aromatic heterocycles. The molecule has 18 heavy (non-hydrogen) atoms. The molecule has 1 aliphatic carbocycles. The minimum atomic E-state index is 0.733. The third kappa shape index (κ3) is 2.79. The summed E-state index contributed by atoms with van der Waals surface area (Å²) in [6.45, 7) is 0.913. The number of nitrogens with one attached hydrogen (secondary N) is 1. The van der Waals surface area contributed by atoms with Crippen LogP contribution in [0.1, 0.15) is 18.4 Å². The molecule has 0 atom stereocenters. The molecule has 0 amide bonds. The molecule has 0 unspecified atom stereocenters. The van der Waals surface area contributed by atoms with Gasteiger partial charge in [-0.05, 0) is 36.1 Å². The van der Waals surface area contributed by atoms with E-state index in [2.05, 4.69) is 50.5 Å². The van der Waals surface area contributed by atoms with Crippen LogP contribution in [0, 0.1) is 0 Å². The van der Waals surface area contributed by atoms with Crippen LogP contribution in [0.25, 0.3) is 11.1 Å². The van der Waals surface area contributed by atoms with Gasteiger partial charge in [0.25, 0.3) is 0 Å². The van der Waals surface area contributed by atoms with Gasteiger partial charge in [-0.2, -0.15) is 0 Å². The Hall–Kier alpha value is -1.19. The molecular weight excluding hydrogens is 288 g/mol. The fourth-order valence-electron chi connectivity index (χ4n) is 1.98. The predicted molar refractivity (Wildman–Crippen MR) is 77.2 cm³/mol. The Morgan fingerprint density at radius 2 is 2.06 bits per heavy atom. The SMILES string of the molecule is Brc1ccccc1-c1cncc(CNC2CC2)c1. The van der Waals surface area contributed by atoms with E-state index in [1.807, 2.05) is 18.5 Å². The summed E-state index contributed by atoms with van der Waals surface area (Å²) in [6.07, 6.45) is 6.49. The van der Waals surface area contributed by atoms with E-state index in [0.29, 0.717) is 0 Å². The van der Waals surface area contributed by atoms with Gasteiger partial charge < -0.3 is 5.32 Å². The average molecular weight is 303 g/mol. The van der Waals surface area contributed by atoms with Crippen molar-refractivity contribution >= 4 is 15.9 Å². The van der Waals surface area contributed by atoms with Crippen LogP contribution in [0.4, 0.5) is 0 Å². The van der Waals surface area contributed by atoms with Gasteiger partial charge in [0.2, 0.25) is 0 Å². The van der Waals surface area contributed by atoms with Crippen LogP contribution in [0.3, 0.4) is 0 Å². The van der Waals surface area contributed by atoms with E-state index in [1.165, 1.54) is 24.0 Å². The van der Waals surface area contributed by atoms with E-state index in [4.69, 9.17) is 0 Å². The summed E-state index contributed by atoms with van der Waals surface area (Å²) in [6, 6.07) is 11.2. The van der Waals surface area contributed by atoms with Gasteiger partial charge in [-0.25, -0.2) is 0 Å². The molecule has 3 rings (SSSR count). The fourth-order valence-corrected chi connectivity index (χ4v) is 2.49. The van der Waals surface area contributed by atoms with E-state index in [-0.39, 0.29) is 0 Å². The first-order chi connectivity index (χ1) is 8.83. The molecular formula is C15H15BrN2. The lowest BCUT2D eigenvalue weighted by atomic mass is 10.1. The van der Waals surface area contributed by atoms with E-state index in [1.54, 1.807) is 0 Å². The highest BCUT2D eigenvalue weighted by Crippen LogP contribution is 2.28. The van der Waals surface area contributed by atoms with Gasteiger partial charge in [-0.1, -0.05) is 34.1 Å². The third-order valence-corrected chi connectivity index (χ3v) is 3.84. The van der Waals surface area contributed by atoms with E-state index in [9.17, 15) is 0 Å². The topological polar surface area (TPSA) is 24.9 Å². The predicted octanol–water partition coefficient (Wildman–Crippen LogP) is 3.76. The lowest BCUT2D eigenvalue weighted by Crippen LogP contribution is -2.15. The highest BCUT2D eigenvalue weighted by atomic mass is 79.9. The number of hydrogen-bond donors (Lipinski definition) is 1. The first kappa shape index (κ1) is 11.9. The average Bonchev–Trinajstić information content (AvgIpc) is 3.21. The highest BCUT2D eigenvalue weighted by Gasteiger charge is 2.19. The molecule has 2 nitrogen and oxygen atoms in total. The molecule has 1 aliphatic rings. The number of rotatable bonds is 4. The van der Waals surface area contributed by atoms with Gasteiger partial charge in [-0.15, -0.1) is 0 Å². The standard InChI is InChI=1S/C15H15BrN2/c16-15-4-2-1-3-14(15)12-7-11(8-17-10-12)9-18-13-5-6-13/h1-4,7-8,10,13,18H,5-6,9H2.